The lowest BCUT2D eigenvalue weighted by Crippen LogP contribution is -2.41. The van der Waals surface area contributed by atoms with E-state index in [9.17, 15) is 23.1 Å². The van der Waals surface area contributed by atoms with Crippen molar-refractivity contribution in [3.8, 4) is 5.75 Å². The summed E-state index contributed by atoms with van der Waals surface area (Å²) < 4.78 is 44.8. The van der Waals surface area contributed by atoms with Gasteiger partial charge in [0.15, 0.2) is 11.6 Å². The predicted molar refractivity (Wildman–Crippen MR) is 71.5 cm³/mol. The minimum Gasteiger partial charge on any atom is -0.505 e. The van der Waals surface area contributed by atoms with Crippen molar-refractivity contribution in [1.82, 2.24) is 0 Å². The topological polar surface area (TPSA) is 72.5 Å². The van der Waals surface area contributed by atoms with Gasteiger partial charge in [-0.25, -0.2) is 9.18 Å². The molecule has 1 aromatic carbocycles. The number of carbonyl (C=O) groups excluding carboxylic acids is 1. The maximum absolute atomic E-state index is 13.7. The Balaban J connectivity index is 0.00000361. The highest BCUT2D eigenvalue weighted by atomic mass is 79.9. The third kappa shape index (κ3) is 3.56. The van der Waals surface area contributed by atoms with E-state index < -0.39 is 35.1 Å². The number of ether oxygens (including phenoxy) is 1. The van der Waals surface area contributed by atoms with Crippen molar-refractivity contribution in [3.05, 3.63) is 28.0 Å². The van der Waals surface area contributed by atoms with Gasteiger partial charge in [0, 0.05) is 5.56 Å². The summed E-state index contributed by atoms with van der Waals surface area (Å²) in [5.41, 5.74) is 4.65. The zero-order valence-electron chi connectivity index (χ0n) is 10.2. The van der Waals surface area contributed by atoms with E-state index in [0.717, 1.165) is 12.1 Å². The van der Waals surface area contributed by atoms with Crippen LogP contribution in [-0.4, -0.2) is 23.6 Å². The van der Waals surface area contributed by atoms with E-state index in [2.05, 4.69) is 20.7 Å². The summed E-state index contributed by atoms with van der Waals surface area (Å²) >= 11 is 2.78. The van der Waals surface area contributed by atoms with E-state index in [1.165, 1.54) is 6.92 Å². The standard InChI is InChI=1S/C11H11BrF3NO3.ClH/c1-2-19-10(18)11(14,15)9(16)5-3-4-6(12)7(13)8(5)17;/h3-4,9,17H,2,16H2,1H3;1H/t9-;/m1./s1. The minimum atomic E-state index is -4.08. The molecule has 0 saturated heterocycles. The van der Waals surface area contributed by atoms with Gasteiger partial charge in [0.2, 0.25) is 0 Å². The van der Waals surface area contributed by atoms with Gasteiger partial charge in [0.05, 0.1) is 11.1 Å². The highest BCUT2D eigenvalue weighted by molar-refractivity contribution is 9.10. The second kappa shape index (κ2) is 7.14. The van der Waals surface area contributed by atoms with Crippen LogP contribution in [0.1, 0.15) is 18.5 Å². The van der Waals surface area contributed by atoms with Gasteiger partial charge in [-0.3, -0.25) is 0 Å². The second-order valence-corrected chi connectivity index (χ2v) is 4.47. The van der Waals surface area contributed by atoms with E-state index >= 15 is 0 Å². The van der Waals surface area contributed by atoms with Gasteiger partial charge in [-0.1, -0.05) is 6.07 Å². The van der Waals surface area contributed by atoms with Crippen LogP contribution in [0.3, 0.4) is 0 Å². The van der Waals surface area contributed by atoms with Gasteiger partial charge in [0.25, 0.3) is 0 Å². The molecule has 1 atom stereocenters. The molecule has 1 aromatic rings. The summed E-state index contributed by atoms with van der Waals surface area (Å²) in [4.78, 5) is 11.1. The molecule has 0 fully saturated rings. The van der Waals surface area contributed by atoms with Gasteiger partial charge >= 0.3 is 11.9 Å². The number of halogens is 5. The number of benzene rings is 1. The molecule has 3 N–H and O–H groups in total. The van der Waals surface area contributed by atoms with Crippen molar-refractivity contribution in [2.45, 2.75) is 18.9 Å². The first-order chi connectivity index (χ1) is 8.73. The third-order valence-corrected chi connectivity index (χ3v) is 2.99. The summed E-state index contributed by atoms with van der Waals surface area (Å²) in [6.07, 6.45) is 0. The molecule has 114 valence electrons. The number of esters is 1. The largest absolute Gasteiger partial charge is 0.505 e. The molecule has 0 unspecified atom stereocenters. The van der Waals surface area contributed by atoms with Crippen molar-refractivity contribution in [1.29, 1.82) is 0 Å². The molecule has 0 spiro atoms. The van der Waals surface area contributed by atoms with E-state index in [1.807, 2.05) is 0 Å². The quantitative estimate of drug-likeness (QED) is 0.790. The lowest BCUT2D eigenvalue weighted by molar-refractivity contribution is -0.174. The monoisotopic (exact) mass is 377 g/mol. The number of hydrogen-bond acceptors (Lipinski definition) is 4. The SMILES string of the molecule is CCOC(=O)C(F)(F)[C@H](N)c1ccc(Br)c(F)c1O.Cl. The molecule has 0 bridgehead atoms. The predicted octanol–water partition coefficient (Wildman–Crippen LogP) is 2.91. The van der Waals surface area contributed by atoms with Gasteiger partial charge in [-0.15, -0.1) is 12.4 Å². The summed E-state index contributed by atoms with van der Waals surface area (Å²) in [6, 6.07) is -0.111. The van der Waals surface area contributed by atoms with Gasteiger partial charge in [-0.2, -0.15) is 8.78 Å². The Kier molecular flexibility index (Phi) is 6.79. The van der Waals surface area contributed by atoms with Crippen LogP contribution in [0.4, 0.5) is 13.2 Å². The molecule has 0 amide bonds. The second-order valence-electron chi connectivity index (χ2n) is 3.62. The lowest BCUT2D eigenvalue weighted by atomic mass is 10.00. The fourth-order valence-electron chi connectivity index (χ4n) is 1.36. The first-order valence-electron chi connectivity index (χ1n) is 5.20. The summed E-state index contributed by atoms with van der Waals surface area (Å²) in [5.74, 6) is -8.07. The molecular formula is C11H12BrClF3NO3. The van der Waals surface area contributed by atoms with E-state index in [0.29, 0.717) is 0 Å². The number of phenols is 1. The molecule has 0 aliphatic rings. The fourth-order valence-corrected chi connectivity index (χ4v) is 1.68. The molecule has 1 rings (SSSR count). The number of hydrogen-bond donors (Lipinski definition) is 2. The molecule has 20 heavy (non-hydrogen) atoms. The Bertz CT molecular complexity index is 502. The van der Waals surface area contributed by atoms with Crippen LogP contribution in [0.25, 0.3) is 0 Å². The number of alkyl halides is 2. The average Bonchev–Trinajstić information content (AvgIpc) is 2.35. The fraction of sp³-hybridized carbons (Fsp3) is 0.364. The molecule has 0 aliphatic heterocycles. The third-order valence-electron chi connectivity index (χ3n) is 2.37. The van der Waals surface area contributed by atoms with Crippen LogP contribution < -0.4 is 5.73 Å². The van der Waals surface area contributed by atoms with E-state index in [4.69, 9.17) is 5.73 Å². The molecule has 0 saturated carbocycles. The Hall–Kier alpha value is -0.990. The first kappa shape index (κ1) is 19.0. The maximum atomic E-state index is 13.7. The van der Waals surface area contributed by atoms with Crippen LogP contribution in [0.2, 0.25) is 0 Å². The highest BCUT2D eigenvalue weighted by Gasteiger charge is 2.48. The zero-order chi connectivity index (χ0) is 14.8. The Morgan fingerprint density at radius 3 is 2.60 bits per heavy atom. The van der Waals surface area contributed by atoms with Crippen molar-refractivity contribution < 1.29 is 27.8 Å². The van der Waals surface area contributed by atoms with Crippen molar-refractivity contribution in [3.63, 3.8) is 0 Å². The molecule has 4 nitrogen and oxygen atoms in total. The maximum Gasteiger partial charge on any atom is 0.379 e. The van der Waals surface area contributed by atoms with Crippen LogP contribution in [0, 0.1) is 5.82 Å². The highest BCUT2D eigenvalue weighted by Crippen LogP contribution is 2.38. The molecule has 0 heterocycles. The number of phenolic OH excluding ortho intramolecular Hbond substituents is 1. The summed E-state index contributed by atoms with van der Waals surface area (Å²) in [6.45, 7) is 1.11. The lowest BCUT2D eigenvalue weighted by Gasteiger charge is -2.22. The Labute approximate surface area is 127 Å². The van der Waals surface area contributed by atoms with Gasteiger partial charge in [-0.05, 0) is 28.9 Å². The van der Waals surface area contributed by atoms with Crippen LogP contribution in [-0.2, 0) is 9.53 Å². The Morgan fingerprint density at radius 1 is 1.55 bits per heavy atom. The molecule has 9 heteroatoms. The van der Waals surface area contributed by atoms with Crippen LogP contribution in [0.5, 0.6) is 5.75 Å². The van der Waals surface area contributed by atoms with Gasteiger partial charge < -0.3 is 15.6 Å². The van der Waals surface area contributed by atoms with Crippen molar-refractivity contribution in [2.75, 3.05) is 6.61 Å². The first-order valence-corrected chi connectivity index (χ1v) is 6.00. The van der Waals surface area contributed by atoms with Crippen molar-refractivity contribution >= 4 is 34.3 Å². The number of aromatic hydroxyl groups is 1. The minimum absolute atomic E-state index is 0. The molecular weight excluding hydrogens is 366 g/mol. The number of nitrogens with two attached hydrogens (primary N) is 1. The van der Waals surface area contributed by atoms with Crippen molar-refractivity contribution in [2.24, 2.45) is 5.73 Å². The Morgan fingerprint density at radius 2 is 2.10 bits per heavy atom. The summed E-state index contributed by atoms with van der Waals surface area (Å²) in [7, 11) is 0. The van der Waals surface area contributed by atoms with Crippen LogP contribution in [0.15, 0.2) is 16.6 Å². The van der Waals surface area contributed by atoms with E-state index in [1.54, 1.807) is 0 Å². The van der Waals surface area contributed by atoms with E-state index in [-0.39, 0.29) is 23.5 Å². The zero-order valence-corrected chi connectivity index (χ0v) is 12.6. The smallest absolute Gasteiger partial charge is 0.379 e. The summed E-state index contributed by atoms with van der Waals surface area (Å²) in [5, 5.41) is 9.45. The number of carbonyl (C=O) groups is 1. The average molecular weight is 379 g/mol. The number of rotatable bonds is 4. The normalized spacial score (nSPS) is 12.5. The van der Waals surface area contributed by atoms with Crippen LogP contribution >= 0.6 is 28.3 Å². The molecule has 0 aromatic heterocycles. The molecule has 0 radical (unpaired) electrons. The van der Waals surface area contributed by atoms with Gasteiger partial charge in [0.1, 0.15) is 6.04 Å². The molecule has 0 aliphatic carbocycles.